The second-order valence-corrected chi connectivity index (χ2v) is 9.53. The van der Waals surface area contributed by atoms with Crippen LogP contribution in [0, 0.1) is 0 Å². The summed E-state index contributed by atoms with van der Waals surface area (Å²) in [4.78, 5) is 29.7. The number of carbonyl (C=O) groups is 2. The van der Waals surface area contributed by atoms with Gasteiger partial charge in [0.05, 0.1) is 6.04 Å². The first-order chi connectivity index (χ1) is 16.6. The smallest absolute Gasteiger partial charge is 0.315 e. The molecule has 0 aliphatic heterocycles. The van der Waals surface area contributed by atoms with Crippen molar-refractivity contribution >= 4 is 34.9 Å². The molecule has 3 amide bonds. The Kier molecular flexibility index (Phi) is 8.38. The van der Waals surface area contributed by atoms with Crippen molar-refractivity contribution in [2.24, 2.45) is 0 Å². The molecular weight excluding hydrogens is 472 g/mol. The molecule has 2 atom stereocenters. The number of urea groups is 1. The van der Waals surface area contributed by atoms with Gasteiger partial charge in [-0.25, -0.2) is 9.78 Å². The van der Waals surface area contributed by atoms with Crippen LogP contribution in [0.1, 0.15) is 46.7 Å². The molecule has 2 aromatic carbocycles. The van der Waals surface area contributed by atoms with Gasteiger partial charge in [-0.15, -0.1) is 11.3 Å². The largest absolute Gasteiger partial charge is 0.486 e. The van der Waals surface area contributed by atoms with Crippen LogP contribution >= 0.6 is 22.9 Å². The minimum Gasteiger partial charge on any atom is -0.486 e. The number of amides is 3. The number of nitrogens with zero attached hydrogens (tertiary/aromatic N) is 1. The monoisotopic (exact) mass is 498 g/mol. The van der Waals surface area contributed by atoms with E-state index in [4.69, 9.17) is 16.3 Å². The molecule has 9 heteroatoms. The van der Waals surface area contributed by atoms with E-state index in [1.807, 2.05) is 30.3 Å². The van der Waals surface area contributed by atoms with Gasteiger partial charge in [0, 0.05) is 23.0 Å². The lowest BCUT2D eigenvalue weighted by atomic mass is 9.90. The molecule has 4 rings (SSSR count). The zero-order chi connectivity index (χ0) is 23.8. The van der Waals surface area contributed by atoms with Crippen molar-refractivity contribution in [3.63, 3.8) is 0 Å². The fraction of sp³-hybridized carbons (Fsp3) is 0.320. The second kappa shape index (κ2) is 11.9. The van der Waals surface area contributed by atoms with Crippen molar-refractivity contribution in [3.05, 3.63) is 81.3 Å². The van der Waals surface area contributed by atoms with Crippen molar-refractivity contribution in [3.8, 4) is 5.75 Å². The fourth-order valence-electron chi connectivity index (χ4n) is 3.87. The minimum atomic E-state index is -0.239. The summed E-state index contributed by atoms with van der Waals surface area (Å²) in [5.41, 5.74) is 1.39. The van der Waals surface area contributed by atoms with E-state index in [1.165, 1.54) is 11.3 Å². The maximum absolute atomic E-state index is 12.8. The molecule has 0 radical (unpaired) electrons. The molecule has 1 aliphatic carbocycles. The molecule has 0 saturated heterocycles. The predicted molar refractivity (Wildman–Crippen MR) is 133 cm³/mol. The van der Waals surface area contributed by atoms with Gasteiger partial charge in [0.15, 0.2) is 0 Å². The normalized spacial score (nSPS) is 17.6. The molecule has 0 unspecified atom stereocenters. The summed E-state index contributed by atoms with van der Waals surface area (Å²) in [5, 5.41) is 12.1. The van der Waals surface area contributed by atoms with Crippen molar-refractivity contribution in [2.75, 3.05) is 0 Å². The van der Waals surface area contributed by atoms with Crippen molar-refractivity contribution in [1.82, 2.24) is 20.9 Å². The minimum absolute atomic E-state index is 0.125. The maximum atomic E-state index is 12.8. The molecule has 178 valence electrons. The van der Waals surface area contributed by atoms with Gasteiger partial charge in [0.1, 0.15) is 23.1 Å². The van der Waals surface area contributed by atoms with Crippen LogP contribution in [-0.4, -0.2) is 29.0 Å². The van der Waals surface area contributed by atoms with Gasteiger partial charge >= 0.3 is 6.03 Å². The summed E-state index contributed by atoms with van der Waals surface area (Å²) in [6.45, 7) is 0.727. The Morgan fingerprint density at radius 2 is 1.71 bits per heavy atom. The van der Waals surface area contributed by atoms with E-state index >= 15 is 0 Å². The van der Waals surface area contributed by atoms with E-state index < -0.39 is 0 Å². The Balaban J connectivity index is 1.27. The van der Waals surface area contributed by atoms with Crippen molar-refractivity contribution < 1.29 is 14.3 Å². The number of carbonyl (C=O) groups excluding carboxylic acids is 2. The van der Waals surface area contributed by atoms with Crippen LogP contribution in [0.15, 0.2) is 60.0 Å². The summed E-state index contributed by atoms with van der Waals surface area (Å²) in [6, 6.07) is 16.3. The first kappa shape index (κ1) is 24.0. The van der Waals surface area contributed by atoms with Crippen LogP contribution in [0.3, 0.4) is 0 Å². The summed E-state index contributed by atoms with van der Waals surface area (Å²) in [6.07, 6.45) is 3.65. The van der Waals surface area contributed by atoms with E-state index in [2.05, 4.69) is 20.9 Å². The van der Waals surface area contributed by atoms with Gasteiger partial charge in [0.25, 0.3) is 5.91 Å². The maximum Gasteiger partial charge on any atom is 0.315 e. The summed E-state index contributed by atoms with van der Waals surface area (Å²) >= 11 is 7.26. The number of hydrogen-bond acceptors (Lipinski definition) is 5. The Labute approximate surface area is 207 Å². The van der Waals surface area contributed by atoms with Gasteiger partial charge in [0.2, 0.25) is 0 Å². The summed E-state index contributed by atoms with van der Waals surface area (Å²) in [5.74, 6) is 0.449. The van der Waals surface area contributed by atoms with Crippen LogP contribution in [0.4, 0.5) is 4.79 Å². The number of nitrogens with one attached hydrogen (secondary N) is 3. The second-order valence-electron chi connectivity index (χ2n) is 8.15. The number of rotatable bonds is 8. The molecule has 3 N–H and O–H groups in total. The highest BCUT2D eigenvalue weighted by atomic mass is 35.5. The van der Waals surface area contributed by atoms with Crippen molar-refractivity contribution in [2.45, 2.75) is 50.9 Å². The quantitative estimate of drug-likeness (QED) is 0.411. The lowest BCUT2D eigenvalue weighted by molar-refractivity contribution is 0.0911. The third-order valence-electron chi connectivity index (χ3n) is 5.66. The fourth-order valence-corrected chi connectivity index (χ4v) is 4.69. The van der Waals surface area contributed by atoms with Gasteiger partial charge < -0.3 is 20.7 Å². The molecule has 3 aromatic rings. The Morgan fingerprint density at radius 1 is 1.00 bits per heavy atom. The number of ether oxygens (including phenoxy) is 1. The average Bonchev–Trinajstić information content (AvgIpc) is 3.34. The van der Waals surface area contributed by atoms with Gasteiger partial charge in [-0.05, 0) is 42.7 Å². The molecule has 1 aliphatic rings. The predicted octanol–water partition coefficient (Wildman–Crippen LogP) is 4.92. The highest BCUT2D eigenvalue weighted by molar-refractivity contribution is 7.09. The molecule has 1 fully saturated rings. The SMILES string of the molecule is O=C(NCc1ccccc1)N[C@H]1CCCC[C@@H]1NC(=O)c1csc(COc2ccc(Cl)cc2)n1. The number of halogens is 1. The summed E-state index contributed by atoms with van der Waals surface area (Å²) < 4.78 is 5.71. The standard InChI is InChI=1S/C25H27ClN4O3S/c26-18-10-12-19(13-11-18)33-15-23-28-22(16-34-23)24(31)29-20-8-4-5-9-21(20)30-25(32)27-14-17-6-2-1-3-7-17/h1-3,6-7,10-13,16,20-21H,4-5,8-9,14-15H2,(H,29,31)(H2,27,30,32)/t20-,21-/m0/s1. The van der Waals surface area contributed by atoms with Gasteiger partial charge in [-0.1, -0.05) is 54.8 Å². The molecule has 1 aromatic heterocycles. The van der Waals surface area contributed by atoms with E-state index in [0.29, 0.717) is 28.0 Å². The molecular formula is C25H27ClN4O3S. The first-order valence-corrected chi connectivity index (χ1v) is 12.5. The Morgan fingerprint density at radius 3 is 2.44 bits per heavy atom. The van der Waals surface area contributed by atoms with E-state index in [9.17, 15) is 9.59 Å². The van der Waals surface area contributed by atoms with Gasteiger partial charge in [-0.3, -0.25) is 4.79 Å². The molecule has 1 saturated carbocycles. The topological polar surface area (TPSA) is 92.4 Å². The molecule has 0 bridgehead atoms. The van der Waals surface area contributed by atoms with E-state index in [0.717, 1.165) is 31.2 Å². The number of benzene rings is 2. The Bertz CT molecular complexity index is 1090. The number of aromatic nitrogens is 1. The third-order valence-corrected chi connectivity index (χ3v) is 6.73. The summed E-state index contributed by atoms with van der Waals surface area (Å²) in [7, 11) is 0. The zero-order valence-electron chi connectivity index (χ0n) is 18.6. The molecule has 1 heterocycles. The number of hydrogen-bond donors (Lipinski definition) is 3. The van der Waals surface area contributed by atoms with E-state index in [-0.39, 0.29) is 30.6 Å². The lowest BCUT2D eigenvalue weighted by Gasteiger charge is -2.32. The van der Waals surface area contributed by atoms with Crippen LogP contribution < -0.4 is 20.7 Å². The third kappa shape index (κ3) is 6.95. The van der Waals surface area contributed by atoms with Crippen LogP contribution in [0.5, 0.6) is 5.75 Å². The number of thiazole rings is 1. The van der Waals surface area contributed by atoms with Crippen LogP contribution in [0.2, 0.25) is 5.02 Å². The Hall–Kier alpha value is -3.10. The molecule has 0 spiro atoms. The van der Waals surface area contributed by atoms with Crippen molar-refractivity contribution in [1.29, 1.82) is 0 Å². The van der Waals surface area contributed by atoms with Crippen LogP contribution in [-0.2, 0) is 13.2 Å². The van der Waals surface area contributed by atoms with Gasteiger partial charge in [-0.2, -0.15) is 0 Å². The lowest BCUT2D eigenvalue weighted by Crippen LogP contribution is -2.55. The molecule has 34 heavy (non-hydrogen) atoms. The zero-order valence-corrected chi connectivity index (χ0v) is 20.2. The highest BCUT2D eigenvalue weighted by Crippen LogP contribution is 2.21. The molecule has 7 nitrogen and oxygen atoms in total. The first-order valence-electron chi connectivity index (χ1n) is 11.3. The highest BCUT2D eigenvalue weighted by Gasteiger charge is 2.28. The average molecular weight is 499 g/mol. The van der Waals surface area contributed by atoms with Crippen LogP contribution in [0.25, 0.3) is 0 Å². The van der Waals surface area contributed by atoms with E-state index in [1.54, 1.807) is 29.6 Å².